The Kier molecular flexibility index (Phi) is 11.3. The Bertz CT molecular complexity index is 3080. The van der Waals surface area contributed by atoms with Gasteiger partial charge in [-0.1, -0.05) is 159 Å². The van der Waals surface area contributed by atoms with E-state index in [1.165, 1.54) is 77.4 Å². The lowest BCUT2D eigenvalue weighted by Crippen LogP contribution is -2.31. The summed E-state index contributed by atoms with van der Waals surface area (Å²) in [7, 11) is 0. The van der Waals surface area contributed by atoms with Gasteiger partial charge in [-0.25, -0.2) is 4.99 Å². The van der Waals surface area contributed by atoms with Crippen LogP contribution in [0.1, 0.15) is 70.3 Å². The van der Waals surface area contributed by atoms with Gasteiger partial charge in [0.1, 0.15) is 5.84 Å². The smallest absolute Gasteiger partial charge is 0.134 e. The summed E-state index contributed by atoms with van der Waals surface area (Å²) in [5.41, 5.74) is 19.6. The molecule has 1 atom stereocenters. The van der Waals surface area contributed by atoms with Crippen LogP contribution in [0, 0.1) is 27.7 Å². The molecule has 0 spiro atoms. The molecule has 1 aliphatic rings. The summed E-state index contributed by atoms with van der Waals surface area (Å²) in [6, 6.07) is 67.3. The molecule has 0 saturated heterocycles. The summed E-state index contributed by atoms with van der Waals surface area (Å²) in [4.78, 5) is 5.15. The van der Waals surface area contributed by atoms with E-state index >= 15 is 0 Å². The third-order valence-electron chi connectivity index (χ3n) is 12.3. The highest BCUT2D eigenvalue weighted by Crippen LogP contribution is 2.43. The molecule has 0 fully saturated rings. The molecular formula is C59H53N3. The highest BCUT2D eigenvalue weighted by atomic mass is 15.0. The predicted octanol–water partition coefficient (Wildman–Crippen LogP) is 15.3. The Morgan fingerprint density at radius 3 is 1.74 bits per heavy atom. The van der Waals surface area contributed by atoms with Gasteiger partial charge in [-0.3, -0.25) is 0 Å². The molecule has 1 unspecified atom stereocenters. The number of amidine groups is 1. The fourth-order valence-corrected chi connectivity index (χ4v) is 8.93. The van der Waals surface area contributed by atoms with Crippen LogP contribution in [0.25, 0.3) is 55.4 Å². The number of fused-ring (bicyclic) bond motifs is 3. The number of aliphatic imine (C=N–C) groups is 1. The van der Waals surface area contributed by atoms with Crippen molar-refractivity contribution in [1.82, 2.24) is 9.88 Å². The fourth-order valence-electron chi connectivity index (χ4n) is 8.93. The predicted molar refractivity (Wildman–Crippen MR) is 264 cm³/mol. The lowest BCUT2D eigenvalue weighted by atomic mass is 9.84. The van der Waals surface area contributed by atoms with Crippen LogP contribution in [-0.2, 0) is 0 Å². The van der Waals surface area contributed by atoms with Gasteiger partial charge in [-0.15, -0.1) is 0 Å². The van der Waals surface area contributed by atoms with E-state index in [1.54, 1.807) is 0 Å². The summed E-state index contributed by atoms with van der Waals surface area (Å²) < 4.78 is 2.41. The second-order valence-corrected chi connectivity index (χ2v) is 16.8. The Morgan fingerprint density at radius 1 is 0.484 bits per heavy atom. The van der Waals surface area contributed by atoms with Crippen LogP contribution in [-0.4, -0.2) is 10.4 Å². The summed E-state index contributed by atoms with van der Waals surface area (Å²) >= 11 is 0. The van der Waals surface area contributed by atoms with Crippen LogP contribution in [0.15, 0.2) is 199 Å². The molecule has 10 rings (SSSR count). The first-order chi connectivity index (χ1) is 30.2. The van der Waals surface area contributed by atoms with Gasteiger partial charge in [-0.05, 0) is 143 Å². The maximum atomic E-state index is 5.15. The van der Waals surface area contributed by atoms with Crippen molar-refractivity contribution in [3.8, 4) is 27.9 Å². The van der Waals surface area contributed by atoms with E-state index in [9.17, 15) is 0 Å². The zero-order valence-corrected chi connectivity index (χ0v) is 36.5. The average molecular weight is 804 g/mol. The van der Waals surface area contributed by atoms with Crippen molar-refractivity contribution in [3.05, 3.63) is 239 Å². The number of aromatic nitrogens is 1. The second-order valence-electron chi connectivity index (χ2n) is 16.8. The molecular weight excluding hydrogens is 751 g/mol. The number of aryl methyl sites for hydroxylation is 4. The van der Waals surface area contributed by atoms with Gasteiger partial charge < -0.3 is 9.88 Å². The number of para-hydroxylation sites is 1. The summed E-state index contributed by atoms with van der Waals surface area (Å²) in [5.74, 6) is 1.53. The zero-order valence-electron chi connectivity index (χ0n) is 36.5. The van der Waals surface area contributed by atoms with Crippen molar-refractivity contribution in [2.45, 2.75) is 53.5 Å². The molecule has 1 aliphatic heterocycles. The maximum absolute atomic E-state index is 5.15. The van der Waals surface area contributed by atoms with Gasteiger partial charge in [0.2, 0.25) is 0 Å². The fraction of sp³-hybridized carbons (Fsp3) is 0.136. The van der Waals surface area contributed by atoms with Gasteiger partial charge in [0, 0.05) is 22.0 Å². The molecule has 0 radical (unpaired) electrons. The number of hydrogen-bond acceptors (Lipinski definition) is 2. The van der Waals surface area contributed by atoms with Crippen molar-refractivity contribution >= 4 is 33.3 Å². The van der Waals surface area contributed by atoms with Crippen molar-refractivity contribution in [3.63, 3.8) is 0 Å². The molecule has 304 valence electrons. The highest BCUT2D eigenvalue weighted by molar-refractivity contribution is 6.11. The summed E-state index contributed by atoms with van der Waals surface area (Å²) in [5, 5.41) is 6.22. The first-order valence-corrected chi connectivity index (χ1v) is 21.8. The molecule has 1 N–H and O–H groups in total. The van der Waals surface area contributed by atoms with E-state index in [4.69, 9.17) is 4.99 Å². The molecule has 0 bridgehead atoms. The van der Waals surface area contributed by atoms with Crippen molar-refractivity contribution in [2.75, 3.05) is 0 Å². The monoisotopic (exact) mass is 803 g/mol. The van der Waals surface area contributed by atoms with Crippen molar-refractivity contribution in [1.29, 1.82) is 0 Å². The summed E-state index contributed by atoms with van der Waals surface area (Å²) in [6.45, 7) is 13.4. The Hall–Kier alpha value is -7.23. The standard InChI is InChI=1S/C50H41N3.C9H12/c1-32-15-11-12-20-40(32)48-33(2)23-24-34(3)49(48)42-30-43-41-21-13-14-22-46(41)53(47(43)29-35(42)4)39-27-25-38(26-28-39)50-51-44(36-16-7-5-8-17-36)31-45(52-50)37-18-9-6-10-19-37;1-8(2)9-6-4-3-5-7-9/h5-31,44H,1-4H3,(H,51,52);3-8H,1-2H3. The molecule has 8 aromatic carbocycles. The molecule has 3 nitrogen and oxygen atoms in total. The van der Waals surface area contributed by atoms with Crippen LogP contribution < -0.4 is 5.32 Å². The third-order valence-corrected chi connectivity index (χ3v) is 12.3. The number of nitrogens with one attached hydrogen (secondary N) is 1. The van der Waals surface area contributed by atoms with E-state index < -0.39 is 0 Å². The number of nitrogens with zero attached hydrogens (tertiary/aromatic N) is 2. The number of rotatable bonds is 7. The molecule has 62 heavy (non-hydrogen) atoms. The van der Waals surface area contributed by atoms with Gasteiger partial charge in [0.15, 0.2) is 0 Å². The molecule has 3 heteroatoms. The van der Waals surface area contributed by atoms with Crippen LogP contribution in [0.5, 0.6) is 0 Å². The van der Waals surface area contributed by atoms with E-state index in [0.717, 1.165) is 28.3 Å². The molecule has 0 aliphatic carbocycles. The van der Waals surface area contributed by atoms with E-state index in [-0.39, 0.29) is 6.04 Å². The second kappa shape index (κ2) is 17.4. The normalized spacial score (nSPS) is 13.6. The summed E-state index contributed by atoms with van der Waals surface area (Å²) in [6.07, 6.45) is 2.22. The van der Waals surface area contributed by atoms with Gasteiger partial charge >= 0.3 is 0 Å². The number of hydrogen-bond donors (Lipinski definition) is 1. The quantitative estimate of drug-likeness (QED) is 0.171. The Labute approximate surface area is 366 Å². The molecule has 9 aromatic rings. The maximum Gasteiger partial charge on any atom is 0.134 e. The topological polar surface area (TPSA) is 29.3 Å². The molecule has 2 heterocycles. The van der Waals surface area contributed by atoms with E-state index in [0.29, 0.717) is 5.92 Å². The largest absolute Gasteiger partial charge is 0.359 e. The minimum absolute atomic E-state index is 0.0106. The van der Waals surface area contributed by atoms with Crippen LogP contribution in [0.2, 0.25) is 0 Å². The lowest BCUT2D eigenvalue weighted by molar-refractivity contribution is 0.781. The van der Waals surface area contributed by atoms with Gasteiger partial charge in [0.05, 0.1) is 22.8 Å². The molecule has 0 saturated carbocycles. The molecule has 0 amide bonds. The number of benzene rings is 8. The molecule has 1 aromatic heterocycles. The minimum Gasteiger partial charge on any atom is -0.359 e. The highest BCUT2D eigenvalue weighted by Gasteiger charge is 2.22. The first-order valence-electron chi connectivity index (χ1n) is 21.8. The minimum atomic E-state index is 0.0106. The zero-order chi connectivity index (χ0) is 42.7. The Morgan fingerprint density at radius 2 is 1.08 bits per heavy atom. The van der Waals surface area contributed by atoms with Crippen molar-refractivity contribution < 1.29 is 0 Å². The van der Waals surface area contributed by atoms with Gasteiger partial charge in [-0.2, -0.15) is 0 Å². The third kappa shape index (κ3) is 7.90. The van der Waals surface area contributed by atoms with Crippen molar-refractivity contribution in [2.24, 2.45) is 4.99 Å². The van der Waals surface area contributed by atoms with E-state index in [2.05, 4.69) is 233 Å². The Balaban J connectivity index is 0.000000486. The van der Waals surface area contributed by atoms with Crippen LogP contribution in [0.4, 0.5) is 0 Å². The van der Waals surface area contributed by atoms with Gasteiger partial charge in [0.25, 0.3) is 0 Å². The first kappa shape index (κ1) is 40.2. The van der Waals surface area contributed by atoms with Crippen LogP contribution >= 0.6 is 0 Å². The average Bonchev–Trinajstić information content (AvgIpc) is 3.63. The van der Waals surface area contributed by atoms with Crippen LogP contribution in [0.3, 0.4) is 0 Å². The lowest BCUT2D eigenvalue weighted by Gasteiger charge is -2.24. The van der Waals surface area contributed by atoms with E-state index in [1.807, 2.05) is 12.1 Å². The SMILES string of the molecule is CC(C)c1ccccc1.Cc1ccccc1-c1c(C)ccc(C)c1-c1cc2c3ccccc3n(-c3ccc(C4=NC(c5ccccc5)=CC(c5ccccc5)N4)cc3)c2cc1C.